The average Bonchev–Trinajstić information content (AvgIpc) is 3.15. The molecule has 2 aliphatic heterocycles. The Morgan fingerprint density at radius 1 is 1.06 bits per heavy atom. The molecule has 2 aliphatic rings. The SMILES string of the molecule is C=C1CCCc2ccccc2C(=C)Nc2nc1nc1cnc(N3CCCS3(=O)=O)c(C(F)(F)F)c21. The summed E-state index contributed by atoms with van der Waals surface area (Å²) in [7, 11) is -3.92. The van der Waals surface area contributed by atoms with Gasteiger partial charge in [0.15, 0.2) is 11.6 Å². The summed E-state index contributed by atoms with van der Waals surface area (Å²) in [6, 6.07) is 7.51. The fourth-order valence-electron chi connectivity index (χ4n) is 4.55. The monoisotopic (exact) mass is 501 g/mol. The van der Waals surface area contributed by atoms with E-state index in [9.17, 15) is 21.6 Å². The second kappa shape index (κ2) is 8.33. The normalized spacial score (nSPS) is 18.2. The lowest BCUT2D eigenvalue weighted by Gasteiger charge is -2.23. The number of sulfonamides is 1. The summed E-state index contributed by atoms with van der Waals surface area (Å²) < 4.78 is 69.3. The van der Waals surface area contributed by atoms with Gasteiger partial charge in [0.2, 0.25) is 10.0 Å². The first-order valence-corrected chi connectivity index (χ1v) is 12.7. The topological polar surface area (TPSA) is 88.1 Å². The highest BCUT2D eigenvalue weighted by atomic mass is 32.2. The smallest absolute Gasteiger partial charge is 0.340 e. The molecule has 3 aromatic rings. The van der Waals surface area contributed by atoms with Gasteiger partial charge in [-0.2, -0.15) is 13.2 Å². The molecule has 0 spiro atoms. The van der Waals surface area contributed by atoms with Crippen LogP contribution in [0.3, 0.4) is 0 Å². The van der Waals surface area contributed by atoms with Crippen LogP contribution in [0, 0.1) is 0 Å². The van der Waals surface area contributed by atoms with Crippen LogP contribution < -0.4 is 9.62 Å². The number of alkyl halides is 3. The number of benzene rings is 1. The fraction of sp³-hybridized carbons (Fsp3) is 0.292. The van der Waals surface area contributed by atoms with E-state index in [0.717, 1.165) is 34.5 Å². The lowest BCUT2D eigenvalue weighted by Crippen LogP contribution is -2.29. The molecule has 0 radical (unpaired) electrons. The van der Waals surface area contributed by atoms with E-state index in [1.165, 1.54) is 0 Å². The summed E-state index contributed by atoms with van der Waals surface area (Å²) in [6.07, 6.45) is -1.53. The van der Waals surface area contributed by atoms with Gasteiger partial charge in [0, 0.05) is 17.8 Å². The number of hydrogen-bond donors (Lipinski definition) is 1. The summed E-state index contributed by atoms with van der Waals surface area (Å²) >= 11 is 0. The maximum absolute atomic E-state index is 14.5. The van der Waals surface area contributed by atoms with Crippen molar-refractivity contribution in [3.8, 4) is 0 Å². The molecule has 5 rings (SSSR count). The minimum atomic E-state index is -4.93. The Morgan fingerprint density at radius 2 is 1.83 bits per heavy atom. The minimum Gasteiger partial charge on any atom is -0.340 e. The van der Waals surface area contributed by atoms with E-state index in [0.29, 0.717) is 17.7 Å². The van der Waals surface area contributed by atoms with Gasteiger partial charge in [-0.3, -0.25) is 4.31 Å². The van der Waals surface area contributed by atoms with Crippen LogP contribution in [0.25, 0.3) is 22.2 Å². The van der Waals surface area contributed by atoms with Gasteiger partial charge in [-0.25, -0.2) is 23.4 Å². The molecule has 0 saturated carbocycles. The number of anilines is 2. The molecule has 7 nitrogen and oxygen atoms in total. The van der Waals surface area contributed by atoms with Crippen LogP contribution in [0.1, 0.15) is 41.8 Å². The molecular weight excluding hydrogens is 479 g/mol. The van der Waals surface area contributed by atoms with Gasteiger partial charge in [-0.05, 0) is 36.8 Å². The fourth-order valence-corrected chi connectivity index (χ4v) is 6.07. The van der Waals surface area contributed by atoms with Crippen molar-refractivity contribution in [3.63, 3.8) is 0 Å². The number of nitrogens with zero attached hydrogens (tertiary/aromatic N) is 4. The first kappa shape index (κ1) is 23.3. The molecule has 0 unspecified atom stereocenters. The number of aryl methyl sites for hydroxylation is 1. The van der Waals surface area contributed by atoms with E-state index in [4.69, 9.17) is 0 Å². The molecular formula is C24H22F3N5O2S. The number of hydrogen-bond acceptors (Lipinski definition) is 6. The second-order valence-electron chi connectivity index (χ2n) is 8.57. The van der Waals surface area contributed by atoms with Crippen molar-refractivity contribution in [3.05, 3.63) is 66.1 Å². The third-order valence-electron chi connectivity index (χ3n) is 6.19. The van der Waals surface area contributed by atoms with Crippen LogP contribution in [0.15, 0.2) is 43.6 Å². The predicted octanol–water partition coefficient (Wildman–Crippen LogP) is 5.02. The molecule has 0 amide bonds. The third-order valence-corrected chi connectivity index (χ3v) is 8.02. The highest BCUT2D eigenvalue weighted by Gasteiger charge is 2.43. The Hall–Kier alpha value is -3.47. The van der Waals surface area contributed by atoms with Gasteiger partial charge >= 0.3 is 6.18 Å². The zero-order chi connectivity index (χ0) is 25.0. The molecule has 1 saturated heterocycles. The van der Waals surface area contributed by atoms with Crippen molar-refractivity contribution in [2.75, 3.05) is 21.9 Å². The number of aromatic nitrogens is 3. The van der Waals surface area contributed by atoms with Gasteiger partial charge < -0.3 is 5.32 Å². The Kier molecular flexibility index (Phi) is 5.54. The van der Waals surface area contributed by atoms with E-state index in [2.05, 4.69) is 33.4 Å². The summed E-state index contributed by atoms with van der Waals surface area (Å²) in [5.74, 6) is -0.829. The molecule has 182 valence electrons. The van der Waals surface area contributed by atoms with Gasteiger partial charge in [0.25, 0.3) is 0 Å². The van der Waals surface area contributed by atoms with Gasteiger partial charge in [-0.1, -0.05) is 37.4 Å². The molecule has 1 N–H and O–H groups in total. The molecule has 4 heterocycles. The van der Waals surface area contributed by atoms with Gasteiger partial charge in [0.05, 0.1) is 22.9 Å². The Morgan fingerprint density at radius 3 is 2.54 bits per heavy atom. The van der Waals surface area contributed by atoms with Crippen LogP contribution in [-0.4, -0.2) is 35.7 Å². The highest BCUT2D eigenvalue weighted by molar-refractivity contribution is 7.93. The molecule has 11 heteroatoms. The summed E-state index contributed by atoms with van der Waals surface area (Å²) in [5.41, 5.74) is 1.45. The summed E-state index contributed by atoms with van der Waals surface area (Å²) in [5, 5.41) is 2.61. The van der Waals surface area contributed by atoms with Crippen molar-refractivity contribution >= 4 is 43.8 Å². The summed E-state index contributed by atoms with van der Waals surface area (Å²) in [6.45, 7) is 8.02. The third kappa shape index (κ3) is 4.13. The van der Waals surface area contributed by atoms with Crippen LogP contribution in [0.2, 0.25) is 0 Å². The van der Waals surface area contributed by atoms with Crippen LogP contribution in [0.4, 0.5) is 24.8 Å². The quantitative estimate of drug-likeness (QED) is 0.504. The largest absolute Gasteiger partial charge is 0.420 e. The van der Waals surface area contributed by atoms with Crippen molar-refractivity contribution in [1.29, 1.82) is 0 Å². The van der Waals surface area contributed by atoms with E-state index >= 15 is 0 Å². The number of rotatable bonds is 1. The number of fused-ring (bicyclic) bond motifs is 5. The van der Waals surface area contributed by atoms with Crippen LogP contribution >= 0.6 is 0 Å². The molecule has 2 bridgehead atoms. The molecule has 1 aromatic carbocycles. The van der Waals surface area contributed by atoms with Gasteiger partial charge in [0.1, 0.15) is 11.4 Å². The number of halogens is 3. The number of allylic oxidation sites excluding steroid dienone is 1. The van der Waals surface area contributed by atoms with Crippen molar-refractivity contribution < 1.29 is 21.6 Å². The first-order valence-electron chi connectivity index (χ1n) is 11.1. The van der Waals surface area contributed by atoms with E-state index < -0.39 is 27.6 Å². The van der Waals surface area contributed by atoms with Crippen LogP contribution in [-0.2, 0) is 22.6 Å². The Bertz CT molecular complexity index is 1480. The zero-order valence-electron chi connectivity index (χ0n) is 18.7. The lowest BCUT2D eigenvalue weighted by molar-refractivity contribution is -0.135. The van der Waals surface area contributed by atoms with Crippen LogP contribution in [0.5, 0.6) is 0 Å². The summed E-state index contributed by atoms with van der Waals surface area (Å²) in [4.78, 5) is 12.7. The van der Waals surface area contributed by atoms with E-state index in [-0.39, 0.29) is 41.3 Å². The Balaban J connectivity index is 1.80. The molecule has 0 atom stereocenters. The zero-order valence-corrected chi connectivity index (χ0v) is 19.5. The average molecular weight is 502 g/mol. The second-order valence-corrected chi connectivity index (χ2v) is 10.6. The molecule has 0 aliphatic carbocycles. The van der Waals surface area contributed by atoms with Crippen molar-refractivity contribution in [2.45, 2.75) is 31.9 Å². The molecule has 1 fully saturated rings. The molecule has 35 heavy (non-hydrogen) atoms. The standard InChI is InChI=1S/C24H22F3N5O2S/c1-14-7-5-9-16-8-3-4-10-17(16)15(2)29-22-19-18(30-21(14)31-22)13-28-23(20(19)24(25,26)27)32-11-6-12-35(32,33)34/h3-4,8,10,13H,1-2,5-7,9,11-12H2,(H,29,30,31). The van der Waals surface area contributed by atoms with E-state index in [1.54, 1.807) is 0 Å². The number of nitrogens with one attached hydrogen (secondary N) is 1. The first-order chi connectivity index (χ1) is 16.6. The highest BCUT2D eigenvalue weighted by Crippen LogP contribution is 2.44. The van der Waals surface area contributed by atoms with Crippen molar-refractivity contribution in [2.24, 2.45) is 0 Å². The predicted molar refractivity (Wildman–Crippen MR) is 129 cm³/mol. The Labute approximate surface area is 200 Å². The molecule has 2 aromatic heterocycles. The number of pyridine rings is 1. The maximum atomic E-state index is 14.5. The van der Waals surface area contributed by atoms with Crippen molar-refractivity contribution in [1.82, 2.24) is 15.0 Å². The lowest BCUT2D eigenvalue weighted by atomic mass is 9.99. The maximum Gasteiger partial charge on any atom is 0.420 e. The van der Waals surface area contributed by atoms with E-state index in [1.807, 2.05) is 24.3 Å². The van der Waals surface area contributed by atoms with Gasteiger partial charge in [-0.15, -0.1) is 0 Å². The minimum absolute atomic E-state index is 0.0633.